The molecule has 2 aromatic carbocycles. The number of para-hydroxylation sites is 1. The molecule has 0 spiro atoms. The fourth-order valence-electron chi connectivity index (χ4n) is 2.61. The summed E-state index contributed by atoms with van der Waals surface area (Å²) < 4.78 is 18.7. The predicted octanol–water partition coefficient (Wildman–Crippen LogP) is 3.25. The van der Waals surface area contributed by atoms with E-state index in [-0.39, 0.29) is 17.2 Å². The van der Waals surface area contributed by atoms with Crippen LogP contribution in [-0.4, -0.2) is 22.8 Å². The van der Waals surface area contributed by atoms with Gasteiger partial charge in [0.15, 0.2) is 5.82 Å². The highest BCUT2D eigenvalue weighted by Crippen LogP contribution is 2.19. The van der Waals surface area contributed by atoms with E-state index < -0.39 is 11.4 Å². The van der Waals surface area contributed by atoms with E-state index in [1.54, 1.807) is 19.2 Å². The van der Waals surface area contributed by atoms with Gasteiger partial charge >= 0.3 is 0 Å². The normalized spacial score (nSPS) is 10.5. The maximum Gasteiger partial charge on any atom is 0.287 e. The van der Waals surface area contributed by atoms with Gasteiger partial charge < -0.3 is 15.0 Å². The minimum Gasteiger partial charge on any atom is -0.497 e. The molecule has 0 bridgehead atoms. The molecule has 1 heterocycles. The number of aromatic amines is 1. The molecule has 7 heteroatoms. The monoisotopic (exact) mass is 366 g/mol. The number of ether oxygens (including phenoxy) is 1. The third kappa shape index (κ3) is 4.03. The second kappa shape index (κ2) is 7.82. The first kappa shape index (κ1) is 18.3. The van der Waals surface area contributed by atoms with Gasteiger partial charge in [-0.15, -0.1) is 0 Å². The third-order valence-electron chi connectivity index (χ3n) is 4.10. The summed E-state index contributed by atoms with van der Waals surface area (Å²) >= 11 is 0. The molecule has 138 valence electrons. The summed E-state index contributed by atoms with van der Waals surface area (Å²) in [5, 5.41) is 11.7. The summed E-state index contributed by atoms with van der Waals surface area (Å²) in [5.41, 5.74) is 1.39. The van der Waals surface area contributed by atoms with Crippen molar-refractivity contribution in [3.8, 4) is 5.75 Å². The number of aryl methyl sites for hydroxylation is 1. The molecule has 3 N–H and O–H groups in total. The molecule has 3 aromatic rings. The summed E-state index contributed by atoms with van der Waals surface area (Å²) in [6, 6.07) is 14.9. The average Bonchev–Trinajstić information content (AvgIpc) is 2.70. The van der Waals surface area contributed by atoms with Crippen molar-refractivity contribution < 1.29 is 9.13 Å². The van der Waals surface area contributed by atoms with E-state index in [0.717, 1.165) is 11.3 Å². The van der Waals surface area contributed by atoms with Gasteiger partial charge in [0.05, 0.1) is 12.8 Å². The number of H-pyrrole nitrogens is 1. The van der Waals surface area contributed by atoms with Crippen molar-refractivity contribution in [3.05, 3.63) is 87.3 Å². The van der Waals surface area contributed by atoms with E-state index in [9.17, 15) is 9.18 Å². The van der Waals surface area contributed by atoms with Gasteiger partial charge in [-0.25, -0.2) is 4.98 Å². The fraction of sp³-hybridized carbons (Fsp3) is 0.150. The van der Waals surface area contributed by atoms with Crippen LogP contribution in [0.25, 0.3) is 0 Å². The van der Waals surface area contributed by atoms with Crippen molar-refractivity contribution in [3.63, 3.8) is 0 Å². The highest BCUT2D eigenvalue weighted by molar-refractivity contribution is 6.11. The molecule has 6 nitrogen and oxygen atoms in total. The summed E-state index contributed by atoms with van der Waals surface area (Å²) in [6.07, 6.45) is 0. The lowest BCUT2D eigenvalue weighted by molar-refractivity contribution is 0.414. The molecule has 0 amide bonds. The van der Waals surface area contributed by atoms with Crippen LogP contribution in [0.15, 0.2) is 53.3 Å². The van der Waals surface area contributed by atoms with Gasteiger partial charge in [-0.3, -0.25) is 10.2 Å². The van der Waals surface area contributed by atoms with Gasteiger partial charge in [0.1, 0.15) is 11.5 Å². The van der Waals surface area contributed by atoms with Gasteiger partial charge in [0.2, 0.25) is 5.82 Å². The standard InChI is InChI=1S/C20H19FN4O2/c1-12-17(21)20(26)25-19(24-12)18(22)15-5-3-4-6-16(15)23-11-13-7-9-14(27-2)10-8-13/h3-10,22-23H,11H2,1-2H3,(H,24,25,26). The number of halogens is 1. The molecule has 0 aliphatic heterocycles. The van der Waals surface area contributed by atoms with E-state index >= 15 is 0 Å². The molecule has 0 unspecified atom stereocenters. The lowest BCUT2D eigenvalue weighted by Gasteiger charge is -2.13. The van der Waals surface area contributed by atoms with Crippen LogP contribution in [0.1, 0.15) is 22.6 Å². The van der Waals surface area contributed by atoms with E-state index in [1.807, 2.05) is 36.4 Å². The average molecular weight is 366 g/mol. The number of benzene rings is 2. The van der Waals surface area contributed by atoms with Gasteiger partial charge in [-0.2, -0.15) is 4.39 Å². The molecular weight excluding hydrogens is 347 g/mol. The Kier molecular flexibility index (Phi) is 5.30. The van der Waals surface area contributed by atoms with Gasteiger partial charge in [-0.1, -0.05) is 30.3 Å². The van der Waals surface area contributed by atoms with Crippen LogP contribution in [0.5, 0.6) is 5.75 Å². The highest BCUT2D eigenvalue weighted by Gasteiger charge is 2.15. The summed E-state index contributed by atoms with van der Waals surface area (Å²) in [6.45, 7) is 1.94. The zero-order valence-electron chi connectivity index (χ0n) is 15.0. The van der Waals surface area contributed by atoms with Crippen molar-refractivity contribution in [2.75, 3.05) is 12.4 Å². The molecule has 0 atom stereocenters. The molecule has 3 rings (SSSR count). The van der Waals surface area contributed by atoms with Gasteiger partial charge in [-0.05, 0) is 30.7 Å². The number of aromatic nitrogens is 2. The smallest absolute Gasteiger partial charge is 0.287 e. The van der Waals surface area contributed by atoms with E-state index in [0.29, 0.717) is 17.8 Å². The van der Waals surface area contributed by atoms with Crippen LogP contribution in [-0.2, 0) is 6.54 Å². The molecule has 0 saturated carbocycles. The number of anilines is 1. The Morgan fingerprint density at radius 3 is 2.59 bits per heavy atom. The maximum absolute atomic E-state index is 13.5. The van der Waals surface area contributed by atoms with Crippen molar-refractivity contribution in [1.29, 1.82) is 5.41 Å². The minimum absolute atomic E-state index is 0.00744. The Morgan fingerprint density at radius 2 is 1.93 bits per heavy atom. The van der Waals surface area contributed by atoms with E-state index in [4.69, 9.17) is 10.1 Å². The summed E-state index contributed by atoms with van der Waals surface area (Å²) in [4.78, 5) is 18.0. The number of hydrogen-bond acceptors (Lipinski definition) is 5. The summed E-state index contributed by atoms with van der Waals surface area (Å²) in [5.74, 6) is -0.127. The predicted molar refractivity (Wildman–Crippen MR) is 102 cm³/mol. The number of hydrogen-bond donors (Lipinski definition) is 3. The number of nitrogens with one attached hydrogen (secondary N) is 3. The van der Waals surface area contributed by atoms with Crippen LogP contribution in [0.3, 0.4) is 0 Å². The first-order valence-corrected chi connectivity index (χ1v) is 8.31. The SMILES string of the molecule is COc1ccc(CNc2ccccc2C(=N)c2nc(C)c(F)c(=O)[nH]2)cc1. The van der Waals surface area contributed by atoms with E-state index in [1.165, 1.54) is 6.92 Å². The number of nitrogens with zero attached hydrogens (tertiary/aromatic N) is 1. The Labute approximate surface area is 155 Å². The highest BCUT2D eigenvalue weighted by atomic mass is 19.1. The zero-order chi connectivity index (χ0) is 19.4. The molecule has 0 aliphatic rings. The van der Waals surface area contributed by atoms with Crippen LogP contribution in [0, 0.1) is 18.2 Å². The molecule has 0 fully saturated rings. The molecule has 1 aromatic heterocycles. The molecule has 0 aliphatic carbocycles. The fourth-order valence-corrected chi connectivity index (χ4v) is 2.61. The van der Waals surface area contributed by atoms with Crippen LogP contribution in [0.2, 0.25) is 0 Å². The topological polar surface area (TPSA) is 90.9 Å². The molecule has 0 radical (unpaired) electrons. The van der Waals surface area contributed by atoms with Crippen molar-refractivity contribution in [2.45, 2.75) is 13.5 Å². The number of methoxy groups -OCH3 is 1. The van der Waals surface area contributed by atoms with E-state index in [2.05, 4.69) is 15.3 Å². The van der Waals surface area contributed by atoms with Crippen LogP contribution >= 0.6 is 0 Å². The Balaban J connectivity index is 1.85. The van der Waals surface area contributed by atoms with Crippen molar-refractivity contribution in [2.24, 2.45) is 0 Å². The maximum atomic E-state index is 13.5. The second-order valence-corrected chi connectivity index (χ2v) is 5.94. The lowest BCUT2D eigenvalue weighted by Crippen LogP contribution is -2.21. The quantitative estimate of drug-likeness (QED) is 0.584. The largest absolute Gasteiger partial charge is 0.497 e. The lowest BCUT2D eigenvalue weighted by atomic mass is 10.1. The Bertz CT molecular complexity index is 1030. The van der Waals surface area contributed by atoms with Gasteiger partial charge in [0, 0.05) is 17.8 Å². The third-order valence-corrected chi connectivity index (χ3v) is 4.10. The van der Waals surface area contributed by atoms with Gasteiger partial charge in [0.25, 0.3) is 5.56 Å². The first-order valence-electron chi connectivity index (χ1n) is 8.31. The Hall–Kier alpha value is -3.48. The molecule has 27 heavy (non-hydrogen) atoms. The van der Waals surface area contributed by atoms with Crippen molar-refractivity contribution in [1.82, 2.24) is 9.97 Å². The molecule has 0 saturated heterocycles. The van der Waals surface area contributed by atoms with Crippen molar-refractivity contribution >= 4 is 11.4 Å². The Morgan fingerprint density at radius 1 is 1.22 bits per heavy atom. The minimum atomic E-state index is -0.933. The number of rotatable bonds is 6. The zero-order valence-corrected chi connectivity index (χ0v) is 15.0. The summed E-state index contributed by atoms with van der Waals surface area (Å²) in [7, 11) is 1.62. The second-order valence-electron chi connectivity index (χ2n) is 5.94. The van der Waals surface area contributed by atoms with Crippen LogP contribution < -0.4 is 15.6 Å². The molecular formula is C20H19FN4O2. The van der Waals surface area contributed by atoms with Crippen LogP contribution in [0.4, 0.5) is 10.1 Å². The first-order chi connectivity index (χ1) is 13.0.